The molecule has 0 aliphatic rings. The van der Waals surface area contributed by atoms with Crippen LogP contribution in [0.3, 0.4) is 0 Å². The van der Waals surface area contributed by atoms with Crippen molar-refractivity contribution in [3.05, 3.63) is 24.1 Å². The smallest absolute Gasteiger partial charge is 0.261 e. The van der Waals surface area contributed by atoms with Crippen LogP contribution in [0.4, 0.5) is 4.39 Å². The summed E-state index contributed by atoms with van der Waals surface area (Å²) < 4.78 is 38.9. The van der Waals surface area contributed by atoms with Crippen molar-refractivity contribution in [2.75, 3.05) is 6.54 Å². The lowest BCUT2D eigenvalue weighted by Crippen LogP contribution is -2.40. The van der Waals surface area contributed by atoms with E-state index in [4.69, 9.17) is 5.73 Å². The first-order valence-electron chi connectivity index (χ1n) is 5.20. The van der Waals surface area contributed by atoms with Gasteiger partial charge >= 0.3 is 0 Å². The molecule has 96 valence electrons. The van der Waals surface area contributed by atoms with Crippen molar-refractivity contribution in [2.45, 2.75) is 24.9 Å². The summed E-state index contributed by atoms with van der Waals surface area (Å²) in [5, 5.41) is -0.601. The highest BCUT2D eigenvalue weighted by atomic mass is 32.2. The number of halogens is 1. The lowest BCUT2D eigenvalue weighted by atomic mass is 10.1. The molecular weight excluding hydrogens is 245 g/mol. The number of aromatic nitrogens is 1. The SMILES string of the molecule is CC(C)C(N)CNS(=O)(=O)c1ncccc1F. The fourth-order valence-electron chi connectivity index (χ4n) is 1.08. The molecule has 0 aliphatic heterocycles. The zero-order chi connectivity index (χ0) is 13.1. The van der Waals surface area contributed by atoms with Gasteiger partial charge in [0, 0.05) is 18.8 Å². The Kier molecular flexibility index (Phi) is 4.55. The van der Waals surface area contributed by atoms with Gasteiger partial charge in [0.15, 0.2) is 5.82 Å². The van der Waals surface area contributed by atoms with Gasteiger partial charge < -0.3 is 5.73 Å². The molecule has 5 nitrogen and oxygen atoms in total. The Balaban J connectivity index is 2.80. The normalized spacial score (nSPS) is 13.9. The molecule has 1 aromatic heterocycles. The molecule has 0 aromatic carbocycles. The maximum atomic E-state index is 13.3. The maximum Gasteiger partial charge on any atom is 0.261 e. The first-order valence-corrected chi connectivity index (χ1v) is 6.68. The van der Waals surface area contributed by atoms with E-state index in [1.165, 1.54) is 12.3 Å². The lowest BCUT2D eigenvalue weighted by Gasteiger charge is -2.16. The molecular formula is C10H16FN3O2S. The predicted octanol–water partition coefficient (Wildman–Crippen LogP) is 0.482. The highest BCUT2D eigenvalue weighted by Gasteiger charge is 2.21. The minimum absolute atomic E-state index is 0.0516. The van der Waals surface area contributed by atoms with E-state index in [0.717, 1.165) is 6.07 Å². The van der Waals surface area contributed by atoms with Crippen LogP contribution in [-0.2, 0) is 10.0 Å². The van der Waals surface area contributed by atoms with Crippen molar-refractivity contribution < 1.29 is 12.8 Å². The van der Waals surface area contributed by atoms with E-state index in [2.05, 4.69) is 9.71 Å². The molecule has 0 bridgehead atoms. The quantitative estimate of drug-likeness (QED) is 0.807. The molecule has 7 heteroatoms. The molecule has 0 saturated carbocycles. The highest BCUT2D eigenvalue weighted by molar-refractivity contribution is 7.89. The third-order valence-electron chi connectivity index (χ3n) is 2.34. The Morgan fingerprint density at radius 2 is 2.18 bits per heavy atom. The van der Waals surface area contributed by atoms with Crippen LogP contribution >= 0.6 is 0 Å². The molecule has 0 aliphatic carbocycles. The van der Waals surface area contributed by atoms with Crippen LogP contribution in [0, 0.1) is 11.7 Å². The average Bonchev–Trinajstić information content (AvgIpc) is 2.26. The molecule has 3 N–H and O–H groups in total. The van der Waals surface area contributed by atoms with Gasteiger partial charge in [-0.05, 0) is 18.1 Å². The van der Waals surface area contributed by atoms with Crippen LogP contribution in [-0.4, -0.2) is 26.0 Å². The summed E-state index contributed by atoms with van der Waals surface area (Å²) in [6.45, 7) is 3.80. The van der Waals surface area contributed by atoms with Crippen molar-refractivity contribution in [1.29, 1.82) is 0 Å². The molecule has 1 unspecified atom stereocenters. The van der Waals surface area contributed by atoms with E-state index in [1.54, 1.807) is 0 Å². The largest absolute Gasteiger partial charge is 0.326 e. The minimum Gasteiger partial charge on any atom is -0.326 e. The predicted molar refractivity (Wildman–Crippen MR) is 62.2 cm³/mol. The summed E-state index contributed by atoms with van der Waals surface area (Å²) in [7, 11) is -3.94. The summed E-state index contributed by atoms with van der Waals surface area (Å²) in [5.41, 5.74) is 5.70. The topological polar surface area (TPSA) is 85.1 Å². The molecule has 17 heavy (non-hydrogen) atoms. The van der Waals surface area contributed by atoms with Gasteiger partial charge in [0.2, 0.25) is 5.03 Å². The summed E-state index contributed by atoms with van der Waals surface area (Å²) in [6.07, 6.45) is 1.22. The Bertz CT molecular complexity index is 476. The van der Waals surface area contributed by atoms with Crippen molar-refractivity contribution in [3.63, 3.8) is 0 Å². The van der Waals surface area contributed by atoms with E-state index < -0.39 is 20.9 Å². The first-order chi connectivity index (χ1) is 7.84. The standard InChI is InChI=1S/C10H16FN3O2S/c1-7(2)9(12)6-14-17(15,16)10-8(11)4-3-5-13-10/h3-5,7,9,14H,6,12H2,1-2H3. The number of hydrogen-bond donors (Lipinski definition) is 2. The molecule has 0 fully saturated rings. The molecule has 0 radical (unpaired) electrons. The number of hydrogen-bond acceptors (Lipinski definition) is 4. The van der Waals surface area contributed by atoms with Gasteiger partial charge in [-0.1, -0.05) is 13.8 Å². The summed E-state index contributed by atoms with van der Waals surface area (Å²) in [6, 6.07) is 2.05. The van der Waals surface area contributed by atoms with Crippen LogP contribution in [0.1, 0.15) is 13.8 Å². The van der Waals surface area contributed by atoms with Gasteiger partial charge in [0.05, 0.1) is 0 Å². The number of rotatable bonds is 5. The van der Waals surface area contributed by atoms with Gasteiger partial charge in [-0.2, -0.15) is 0 Å². The second kappa shape index (κ2) is 5.52. The summed E-state index contributed by atoms with van der Waals surface area (Å²) in [5.74, 6) is -0.746. The Morgan fingerprint density at radius 1 is 1.53 bits per heavy atom. The third-order valence-corrected chi connectivity index (χ3v) is 3.70. The van der Waals surface area contributed by atoms with Crippen molar-refractivity contribution in [1.82, 2.24) is 9.71 Å². The van der Waals surface area contributed by atoms with Gasteiger partial charge in [0.1, 0.15) is 0 Å². The molecule has 1 heterocycles. The maximum absolute atomic E-state index is 13.3. The monoisotopic (exact) mass is 261 g/mol. The van der Waals surface area contributed by atoms with Crippen LogP contribution in [0.25, 0.3) is 0 Å². The van der Waals surface area contributed by atoms with Gasteiger partial charge in [-0.3, -0.25) is 0 Å². The van der Waals surface area contributed by atoms with E-state index in [9.17, 15) is 12.8 Å². The zero-order valence-electron chi connectivity index (χ0n) is 9.72. The molecule has 1 atom stereocenters. The molecule has 0 saturated heterocycles. The fraction of sp³-hybridized carbons (Fsp3) is 0.500. The second-order valence-corrected chi connectivity index (χ2v) is 5.73. The highest BCUT2D eigenvalue weighted by Crippen LogP contribution is 2.09. The Morgan fingerprint density at radius 3 is 2.71 bits per heavy atom. The number of sulfonamides is 1. The summed E-state index contributed by atoms with van der Waals surface area (Å²) >= 11 is 0. The van der Waals surface area contributed by atoms with Crippen molar-refractivity contribution in [3.8, 4) is 0 Å². The van der Waals surface area contributed by atoms with Gasteiger partial charge in [0.25, 0.3) is 10.0 Å². The molecule has 1 aromatic rings. The van der Waals surface area contributed by atoms with Gasteiger partial charge in [-0.25, -0.2) is 22.5 Å². The van der Waals surface area contributed by atoms with E-state index in [1.807, 2.05) is 13.8 Å². The fourth-order valence-corrected chi connectivity index (χ4v) is 2.15. The van der Waals surface area contributed by atoms with Crippen LogP contribution in [0.5, 0.6) is 0 Å². The van der Waals surface area contributed by atoms with Crippen LogP contribution < -0.4 is 10.5 Å². The first kappa shape index (κ1) is 14.0. The number of nitrogens with two attached hydrogens (primary N) is 1. The molecule has 0 spiro atoms. The van der Waals surface area contributed by atoms with Crippen molar-refractivity contribution in [2.24, 2.45) is 11.7 Å². The second-order valence-electron chi connectivity index (χ2n) is 4.05. The van der Waals surface area contributed by atoms with Gasteiger partial charge in [-0.15, -0.1) is 0 Å². The third kappa shape index (κ3) is 3.72. The molecule has 1 rings (SSSR count). The van der Waals surface area contributed by atoms with E-state index in [0.29, 0.717) is 0 Å². The number of nitrogens with one attached hydrogen (secondary N) is 1. The molecule has 0 amide bonds. The summed E-state index contributed by atoms with van der Waals surface area (Å²) in [4.78, 5) is 3.51. The minimum atomic E-state index is -3.94. The van der Waals surface area contributed by atoms with Crippen LogP contribution in [0.15, 0.2) is 23.4 Å². The lowest BCUT2D eigenvalue weighted by molar-refractivity contribution is 0.478. The van der Waals surface area contributed by atoms with Crippen LogP contribution in [0.2, 0.25) is 0 Å². The van der Waals surface area contributed by atoms with E-state index >= 15 is 0 Å². The van der Waals surface area contributed by atoms with Crippen molar-refractivity contribution >= 4 is 10.0 Å². The Hall–Kier alpha value is -1.05. The zero-order valence-corrected chi connectivity index (χ0v) is 10.5. The average molecular weight is 261 g/mol. The van der Waals surface area contributed by atoms with E-state index in [-0.39, 0.29) is 18.5 Å². The number of pyridine rings is 1. The number of nitrogens with zero attached hydrogens (tertiary/aromatic N) is 1. The Labute approximate surface area is 100 Å².